The van der Waals surface area contributed by atoms with E-state index in [2.05, 4.69) is 9.97 Å². The molecule has 0 spiro atoms. The highest BCUT2D eigenvalue weighted by Gasteiger charge is 2.20. The van der Waals surface area contributed by atoms with Crippen LogP contribution in [0.2, 0.25) is 5.02 Å². The van der Waals surface area contributed by atoms with Crippen molar-refractivity contribution in [2.45, 2.75) is 20.0 Å². The molecule has 0 aromatic carbocycles. The van der Waals surface area contributed by atoms with Crippen LogP contribution in [0.5, 0.6) is 5.88 Å². The predicted octanol–water partition coefficient (Wildman–Crippen LogP) is 2.23. The SMILES string of the molecule is CCOc1ncccc1-c1cc(Cl)c(C)c(C(=N)C(O)CO)n1. The van der Waals surface area contributed by atoms with E-state index < -0.39 is 12.7 Å². The summed E-state index contributed by atoms with van der Waals surface area (Å²) in [4.78, 5) is 8.59. The molecule has 1 atom stereocenters. The van der Waals surface area contributed by atoms with Gasteiger partial charge < -0.3 is 20.4 Å². The van der Waals surface area contributed by atoms with Crippen molar-refractivity contribution in [1.29, 1.82) is 5.41 Å². The maximum atomic E-state index is 9.70. The van der Waals surface area contributed by atoms with Gasteiger partial charge in [0.05, 0.1) is 35.9 Å². The van der Waals surface area contributed by atoms with Gasteiger partial charge in [-0.3, -0.25) is 0 Å². The number of hydrogen-bond acceptors (Lipinski definition) is 6. The van der Waals surface area contributed by atoms with Crippen LogP contribution in [0.4, 0.5) is 0 Å². The Hall–Kier alpha value is -2.02. The van der Waals surface area contributed by atoms with Crippen molar-refractivity contribution in [1.82, 2.24) is 9.97 Å². The monoisotopic (exact) mass is 335 g/mol. The minimum atomic E-state index is -1.31. The van der Waals surface area contributed by atoms with Crippen LogP contribution in [0.3, 0.4) is 0 Å². The summed E-state index contributed by atoms with van der Waals surface area (Å²) in [6, 6.07) is 5.21. The lowest BCUT2D eigenvalue weighted by molar-refractivity contribution is 0.144. The molecule has 0 amide bonds. The van der Waals surface area contributed by atoms with Gasteiger partial charge in [-0.15, -0.1) is 0 Å². The first kappa shape index (κ1) is 17.3. The van der Waals surface area contributed by atoms with Gasteiger partial charge in [-0.25, -0.2) is 9.97 Å². The lowest BCUT2D eigenvalue weighted by Gasteiger charge is -2.15. The molecular weight excluding hydrogens is 318 g/mol. The van der Waals surface area contributed by atoms with Crippen LogP contribution in [-0.2, 0) is 0 Å². The molecule has 23 heavy (non-hydrogen) atoms. The van der Waals surface area contributed by atoms with Crippen molar-refractivity contribution < 1.29 is 14.9 Å². The summed E-state index contributed by atoms with van der Waals surface area (Å²) in [5.41, 5.74) is 1.75. The fraction of sp³-hybridized carbons (Fsp3) is 0.312. The number of aliphatic hydroxyl groups is 2. The average Bonchev–Trinajstić information content (AvgIpc) is 2.56. The summed E-state index contributed by atoms with van der Waals surface area (Å²) in [5, 5.41) is 27.1. The second-order valence-electron chi connectivity index (χ2n) is 4.86. The van der Waals surface area contributed by atoms with Gasteiger partial charge in [0.25, 0.3) is 0 Å². The van der Waals surface area contributed by atoms with Crippen molar-refractivity contribution in [2.75, 3.05) is 13.2 Å². The van der Waals surface area contributed by atoms with E-state index in [-0.39, 0.29) is 11.4 Å². The van der Waals surface area contributed by atoms with Crippen LogP contribution in [0.25, 0.3) is 11.3 Å². The summed E-state index contributed by atoms with van der Waals surface area (Å²) in [6.07, 6.45) is 0.302. The molecule has 0 radical (unpaired) electrons. The van der Waals surface area contributed by atoms with Crippen LogP contribution in [-0.4, -0.2) is 45.2 Å². The van der Waals surface area contributed by atoms with Gasteiger partial charge in [-0.1, -0.05) is 11.6 Å². The maximum absolute atomic E-state index is 9.70. The van der Waals surface area contributed by atoms with Crippen molar-refractivity contribution in [3.8, 4) is 17.1 Å². The van der Waals surface area contributed by atoms with E-state index in [0.717, 1.165) is 0 Å². The number of rotatable bonds is 6. The standard InChI is InChI=1S/C16H18ClN3O3/c1-3-23-16-10(5-4-6-19-16)12-7-11(17)9(2)15(20-12)14(18)13(22)8-21/h4-7,13,18,21-22H,3,8H2,1-2H3. The highest BCUT2D eigenvalue weighted by Crippen LogP contribution is 2.30. The van der Waals surface area contributed by atoms with Crippen molar-refractivity contribution >= 4 is 17.3 Å². The lowest BCUT2D eigenvalue weighted by Crippen LogP contribution is -2.26. The van der Waals surface area contributed by atoms with E-state index in [1.165, 1.54) is 0 Å². The molecule has 0 saturated carbocycles. The number of aliphatic hydroxyl groups excluding tert-OH is 2. The summed E-state index contributed by atoms with van der Waals surface area (Å²) >= 11 is 6.25. The van der Waals surface area contributed by atoms with Gasteiger partial charge in [0.15, 0.2) is 0 Å². The predicted molar refractivity (Wildman–Crippen MR) is 88.3 cm³/mol. The third kappa shape index (κ3) is 3.67. The number of ether oxygens (including phenoxy) is 1. The van der Waals surface area contributed by atoms with E-state index in [4.69, 9.17) is 26.9 Å². The molecule has 0 saturated heterocycles. The van der Waals surface area contributed by atoms with Gasteiger partial charge in [0.1, 0.15) is 6.10 Å². The summed E-state index contributed by atoms with van der Waals surface area (Å²) in [6.45, 7) is 3.46. The summed E-state index contributed by atoms with van der Waals surface area (Å²) in [5.74, 6) is 0.419. The van der Waals surface area contributed by atoms with Gasteiger partial charge in [0.2, 0.25) is 5.88 Å². The molecule has 0 aliphatic heterocycles. The van der Waals surface area contributed by atoms with Crippen LogP contribution < -0.4 is 4.74 Å². The van der Waals surface area contributed by atoms with E-state index >= 15 is 0 Å². The Labute approximate surface area is 139 Å². The first-order valence-electron chi connectivity index (χ1n) is 7.12. The van der Waals surface area contributed by atoms with E-state index in [1.54, 1.807) is 31.3 Å². The average molecular weight is 336 g/mol. The lowest BCUT2D eigenvalue weighted by atomic mass is 10.0. The first-order chi connectivity index (χ1) is 11.0. The van der Waals surface area contributed by atoms with Gasteiger partial charge in [-0.2, -0.15) is 0 Å². The number of hydrogen-bond donors (Lipinski definition) is 3. The van der Waals surface area contributed by atoms with Crippen molar-refractivity contribution in [3.63, 3.8) is 0 Å². The number of halogens is 1. The molecule has 2 heterocycles. The molecule has 1 unspecified atom stereocenters. The van der Waals surface area contributed by atoms with Crippen LogP contribution in [0.15, 0.2) is 24.4 Å². The Bertz CT molecular complexity index is 722. The van der Waals surface area contributed by atoms with Crippen molar-refractivity contribution in [3.05, 3.63) is 40.7 Å². The fourth-order valence-corrected chi connectivity index (χ4v) is 2.26. The molecule has 3 N–H and O–H groups in total. The molecule has 0 bridgehead atoms. The van der Waals surface area contributed by atoms with Gasteiger partial charge in [0, 0.05) is 11.2 Å². The normalized spacial score (nSPS) is 12.0. The number of nitrogens with zero attached hydrogens (tertiary/aromatic N) is 2. The number of aromatic nitrogens is 2. The zero-order chi connectivity index (χ0) is 17.0. The van der Waals surface area contributed by atoms with Crippen LogP contribution in [0.1, 0.15) is 18.2 Å². The molecular formula is C16H18ClN3O3. The molecule has 6 nitrogen and oxygen atoms in total. The molecule has 122 valence electrons. The zero-order valence-corrected chi connectivity index (χ0v) is 13.6. The molecule has 7 heteroatoms. The number of nitrogens with one attached hydrogen (secondary N) is 1. The zero-order valence-electron chi connectivity index (χ0n) is 12.9. The molecule has 2 aromatic heterocycles. The second kappa shape index (κ2) is 7.50. The Kier molecular flexibility index (Phi) is 5.65. The van der Waals surface area contributed by atoms with Crippen LogP contribution in [0, 0.1) is 12.3 Å². The minimum Gasteiger partial charge on any atom is -0.477 e. The fourth-order valence-electron chi connectivity index (χ4n) is 2.06. The third-order valence-corrected chi connectivity index (χ3v) is 3.69. The largest absolute Gasteiger partial charge is 0.477 e. The van der Waals surface area contributed by atoms with Crippen LogP contribution >= 0.6 is 11.6 Å². The minimum absolute atomic E-state index is 0.185. The maximum Gasteiger partial charge on any atom is 0.222 e. The Balaban J connectivity index is 2.58. The van der Waals surface area contributed by atoms with E-state index in [9.17, 15) is 5.11 Å². The molecule has 0 aliphatic carbocycles. The molecule has 0 fully saturated rings. The molecule has 2 aromatic rings. The third-order valence-electron chi connectivity index (χ3n) is 3.30. The van der Waals surface area contributed by atoms with E-state index in [0.29, 0.717) is 34.3 Å². The highest BCUT2D eigenvalue weighted by molar-refractivity contribution is 6.32. The van der Waals surface area contributed by atoms with Gasteiger partial charge in [-0.05, 0) is 37.6 Å². The Morgan fingerprint density at radius 2 is 2.22 bits per heavy atom. The highest BCUT2D eigenvalue weighted by atomic mass is 35.5. The quantitative estimate of drug-likeness (QED) is 0.703. The first-order valence-corrected chi connectivity index (χ1v) is 7.50. The smallest absolute Gasteiger partial charge is 0.222 e. The molecule has 0 aliphatic rings. The Morgan fingerprint density at radius 1 is 1.48 bits per heavy atom. The topological polar surface area (TPSA) is 99.3 Å². The summed E-state index contributed by atoms with van der Waals surface area (Å²) < 4.78 is 5.49. The van der Waals surface area contributed by atoms with Crippen molar-refractivity contribution in [2.24, 2.45) is 0 Å². The second-order valence-corrected chi connectivity index (χ2v) is 5.27. The summed E-state index contributed by atoms with van der Waals surface area (Å²) in [7, 11) is 0. The number of pyridine rings is 2. The van der Waals surface area contributed by atoms with Gasteiger partial charge >= 0.3 is 0 Å². The molecule has 2 rings (SSSR count). The van der Waals surface area contributed by atoms with E-state index in [1.807, 2.05) is 6.92 Å². The Morgan fingerprint density at radius 3 is 2.87 bits per heavy atom.